The molecule has 0 saturated carbocycles. The van der Waals surface area contributed by atoms with Gasteiger partial charge in [-0.1, -0.05) is 30.3 Å². The summed E-state index contributed by atoms with van der Waals surface area (Å²) in [7, 11) is 0. The van der Waals surface area contributed by atoms with E-state index in [2.05, 4.69) is 36.6 Å². The Kier molecular flexibility index (Phi) is 4.81. The van der Waals surface area contributed by atoms with E-state index in [0.717, 1.165) is 39.2 Å². The molecule has 1 amide bonds. The number of fused-ring (bicyclic) bond motifs is 1. The van der Waals surface area contributed by atoms with Crippen LogP contribution in [0, 0.1) is 19.7 Å². The summed E-state index contributed by atoms with van der Waals surface area (Å²) in [4.78, 5) is 19.7. The molecule has 1 saturated heterocycles. The second kappa shape index (κ2) is 7.65. The van der Waals surface area contributed by atoms with Crippen LogP contribution in [0.25, 0.3) is 11.0 Å². The zero-order chi connectivity index (χ0) is 21.5. The Morgan fingerprint density at radius 1 is 1.00 bits per heavy atom. The van der Waals surface area contributed by atoms with Crippen molar-refractivity contribution in [3.05, 3.63) is 95.1 Å². The normalized spacial score (nSPS) is 16.4. The largest absolute Gasteiger partial charge is 0.323 e. The van der Waals surface area contributed by atoms with Gasteiger partial charge in [0.2, 0.25) is 5.91 Å². The van der Waals surface area contributed by atoms with Gasteiger partial charge in [0.25, 0.3) is 0 Å². The minimum absolute atomic E-state index is 0.00108. The number of benzene rings is 3. The third-order valence-corrected chi connectivity index (χ3v) is 5.95. The molecular weight excluding hydrogens is 389 g/mol. The topological polar surface area (TPSA) is 38.1 Å². The Bertz CT molecular complexity index is 1260. The lowest BCUT2D eigenvalue weighted by molar-refractivity contribution is -0.117. The van der Waals surface area contributed by atoms with Crippen LogP contribution in [0.2, 0.25) is 0 Å². The van der Waals surface area contributed by atoms with Gasteiger partial charge in [0.05, 0.1) is 11.0 Å². The molecule has 3 aromatic carbocycles. The first kappa shape index (κ1) is 19.5. The number of aromatic nitrogens is 2. The molecule has 1 atom stereocenters. The van der Waals surface area contributed by atoms with Crippen molar-refractivity contribution >= 4 is 22.6 Å². The maximum Gasteiger partial charge on any atom is 0.227 e. The van der Waals surface area contributed by atoms with Crippen LogP contribution >= 0.6 is 0 Å². The van der Waals surface area contributed by atoms with Gasteiger partial charge in [-0.3, -0.25) is 4.79 Å². The van der Waals surface area contributed by atoms with Crippen molar-refractivity contribution in [1.82, 2.24) is 9.55 Å². The molecule has 1 aromatic heterocycles. The second-order valence-corrected chi connectivity index (χ2v) is 8.42. The van der Waals surface area contributed by atoms with Gasteiger partial charge in [0, 0.05) is 31.1 Å². The predicted octanol–water partition coefficient (Wildman–Crippen LogP) is 5.36. The molecule has 156 valence electrons. The molecular formula is C26H24FN3O. The molecule has 4 aromatic rings. The van der Waals surface area contributed by atoms with Crippen LogP contribution in [0.5, 0.6) is 0 Å². The fourth-order valence-corrected chi connectivity index (χ4v) is 4.58. The lowest BCUT2D eigenvalue weighted by Gasteiger charge is -2.19. The van der Waals surface area contributed by atoms with Crippen LogP contribution in [-0.2, 0) is 11.3 Å². The molecule has 0 unspecified atom stereocenters. The first-order valence-corrected chi connectivity index (χ1v) is 10.6. The maximum absolute atomic E-state index is 13.4. The fraction of sp³-hybridized carbons (Fsp3) is 0.231. The van der Waals surface area contributed by atoms with Crippen molar-refractivity contribution in [2.45, 2.75) is 32.7 Å². The van der Waals surface area contributed by atoms with E-state index in [1.807, 2.05) is 29.2 Å². The molecule has 0 aliphatic carbocycles. The highest BCUT2D eigenvalue weighted by Crippen LogP contribution is 2.34. The molecule has 0 spiro atoms. The summed E-state index contributed by atoms with van der Waals surface area (Å²) in [6, 6.07) is 20.8. The molecule has 1 fully saturated rings. The van der Waals surface area contributed by atoms with Crippen molar-refractivity contribution in [2.75, 3.05) is 11.4 Å². The van der Waals surface area contributed by atoms with Gasteiger partial charge < -0.3 is 9.47 Å². The molecule has 0 N–H and O–H groups in total. The van der Waals surface area contributed by atoms with Gasteiger partial charge in [0.15, 0.2) is 0 Å². The van der Waals surface area contributed by atoms with Gasteiger partial charge >= 0.3 is 0 Å². The van der Waals surface area contributed by atoms with Gasteiger partial charge in [-0.05, 0) is 66.9 Å². The zero-order valence-corrected chi connectivity index (χ0v) is 17.7. The van der Waals surface area contributed by atoms with E-state index in [1.165, 1.54) is 12.1 Å². The fourth-order valence-electron chi connectivity index (χ4n) is 4.58. The SMILES string of the molecule is Cc1cc(C)cc(N2C[C@H](c3nc4ccccc4n3Cc3ccc(F)cc3)CC2=O)c1. The molecule has 1 aliphatic heterocycles. The Hall–Kier alpha value is -3.47. The number of hydrogen-bond donors (Lipinski definition) is 0. The highest BCUT2D eigenvalue weighted by Gasteiger charge is 2.35. The second-order valence-electron chi connectivity index (χ2n) is 8.42. The van der Waals surface area contributed by atoms with Gasteiger partial charge in [-0.25, -0.2) is 9.37 Å². The number of imidazole rings is 1. The van der Waals surface area contributed by atoms with E-state index < -0.39 is 0 Å². The van der Waals surface area contributed by atoms with Crippen LogP contribution in [0.15, 0.2) is 66.7 Å². The molecule has 5 heteroatoms. The van der Waals surface area contributed by atoms with E-state index in [4.69, 9.17) is 4.98 Å². The smallest absolute Gasteiger partial charge is 0.227 e. The van der Waals surface area contributed by atoms with E-state index in [1.54, 1.807) is 12.1 Å². The molecule has 31 heavy (non-hydrogen) atoms. The van der Waals surface area contributed by atoms with Gasteiger partial charge in [-0.2, -0.15) is 0 Å². The van der Waals surface area contributed by atoms with Crippen LogP contribution in [0.1, 0.15) is 34.9 Å². The first-order valence-electron chi connectivity index (χ1n) is 10.6. The number of rotatable bonds is 4. The maximum atomic E-state index is 13.4. The van der Waals surface area contributed by atoms with E-state index in [0.29, 0.717) is 19.5 Å². The number of hydrogen-bond acceptors (Lipinski definition) is 2. The standard InChI is InChI=1S/C26H24FN3O/c1-17-11-18(2)13-22(12-17)29-16-20(14-25(29)31)26-28-23-5-3-4-6-24(23)30(26)15-19-7-9-21(27)10-8-19/h3-13,20H,14-16H2,1-2H3/t20-/m1/s1. The van der Waals surface area contributed by atoms with E-state index in [9.17, 15) is 9.18 Å². The van der Waals surface area contributed by atoms with Gasteiger partial charge in [-0.15, -0.1) is 0 Å². The quantitative estimate of drug-likeness (QED) is 0.452. The van der Waals surface area contributed by atoms with Crippen molar-refractivity contribution < 1.29 is 9.18 Å². The first-order chi connectivity index (χ1) is 15.0. The van der Waals surface area contributed by atoms with Gasteiger partial charge in [0.1, 0.15) is 11.6 Å². The van der Waals surface area contributed by atoms with E-state index >= 15 is 0 Å². The minimum Gasteiger partial charge on any atom is -0.323 e. The number of halogens is 1. The van der Waals surface area contributed by atoms with Crippen LogP contribution in [0.4, 0.5) is 10.1 Å². The summed E-state index contributed by atoms with van der Waals surface area (Å²) >= 11 is 0. The number of carbonyl (C=O) groups excluding carboxylic acids is 1. The van der Waals surface area contributed by atoms with Crippen molar-refractivity contribution in [2.24, 2.45) is 0 Å². The number of para-hydroxylation sites is 2. The average Bonchev–Trinajstić information content (AvgIpc) is 3.30. The number of aryl methyl sites for hydroxylation is 2. The summed E-state index contributed by atoms with van der Waals surface area (Å²) < 4.78 is 15.6. The summed E-state index contributed by atoms with van der Waals surface area (Å²) in [6.45, 7) is 5.30. The number of anilines is 1. The van der Waals surface area contributed by atoms with Crippen molar-refractivity contribution in [3.63, 3.8) is 0 Å². The average molecular weight is 413 g/mol. The minimum atomic E-state index is -0.245. The summed E-state index contributed by atoms with van der Waals surface area (Å²) in [5.74, 6) is 0.784. The summed E-state index contributed by atoms with van der Waals surface area (Å²) in [5.41, 5.74) is 6.19. The Balaban J connectivity index is 1.52. The third kappa shape index (κ3) is 3.72. The monoisotopic (exact) mass is 413 g/mol. The van der Waals surface area contributed by atoms with Crippen LogP contribution in [-0.4, -0.2) is 22.0 Å². The summed E-state index contributed by atoms with van der Waals surface area (Å²) in [5, 5.41) is 0. The van der Waals surface area contributed by atoms with Crippen molar-refractivity contribution in [1.29, 1.82) is 0 Å². The highest BCUT2D eigenvalue weighted by atomic mass is 19.1. The number of amides is 1. The number of nitrogens with zero attached hydrogens (tertiary/aromatic N) is 3. The molecule has 5 rings (SSSR count). The zero-order valence-electron chi connectivity index (χ0n) is 17.7. The summed E-state index contributed by atoms with van der Waals surface area (Å²) in [6.07, 6.45) is 0.430. The third-order valence-electron chi connectivity index (χ3n) is 5.95. The van der Waals surface area contributed by atoms with Crippen LogP contribution in [0.3, 0.4) is 0 Å². The van der Waals surface area contributed by atoms with Crippen molar-refractivity contribution in [3.8, 4) is 0 Å². The Morgan fingerprint density at radius 2 is 1.71 bits per heavy atom. The molecule has 4 nitrogen and oxygen atoms in total. The lowest BCUT2D eigenvalue weighted by Crippen LogP contribution is -2.24. The predicted molar refractivity (Wildman–Crippen MR) is 121 cm³/mol. The van der Waals surface area contributed by atoms with Crippen LogP contribution < -0.4 is 4.90 Å². The molecule has 0 bridgehead atoms. The molecule has 1 aliphatic rings. The molecule has 2 heterocycles. The lowest BCUT2D eigenvalue weighted by atomic mass is 10.1. The highest BCUT2D eigenvalue weighted by molar-refractivity contribution is 5.96. The Labute approximate surface area is 181 Å². The Morgan fingerprint density at radius 3 is 2.45 bits per heavy atom. The molecule has 0 radical (unpaired) electrons. The number of carbonyl (C=O) groups is 1. The van der Waals surface area contributed by atoms with E-state index in [-0.39, 0.29) is 17.6 Å².